The molecule has 1 aromatic heterocycles. The van der Waals surface area contributed by atoms with Gasteiger partial charge in [-0.05, 0) is 24.3 Å². The van der Waals surface area contributed by atoms with Crippen LogP contribution in [0.3, 0.4) is 0 Å². The molecule has 0 spiro atoms. The normalized spacial score (nSPS) is 13.1. The minimum Gasteiger partial charge on any atom is -0.486 e. The van der Waals surface area contributed by atoms with Crippen LogP contribution in [-0.4, -0.2) is 38.5 Å². The monoisotopic (exact) mass is 463 g/mol. The Bertz CT molecular complexity index is 1190. The van der Waals surface area contributed by atoms with Crippen molar-refractivity contribution >= 4 is 27.4 Å². The number of nitrogens with zero attached hydrogens (tertiary/aromatic N) is 1. The molecular formula is C21H18ClNO7S. The number of carbonyl (C=O) groups is 1. The van der Waals surface area contributed by atoms with Crippen molar-refractivity contribution in [1.82, 2.24) is 5.16 Å². The highest BCUT2D eigenvalue weighted by atomic mass is 35.5. The Labute approximate surface area is 183 Å². The van der Waals surface area contributed by atoms with Crippen LogP contribution >= 0.6 is 11.6 Å². The van der Waals surface area contributed by atoms with Crippen LogP contribution in [0.5, 0.6) is 11.5 Å². The van der Waals surface area contributed by atoms with E-state index >= 15 is 0 Å². The summed E-state index contributed by atoms with van der Waals surface area (Å²) in [6.45, 7) is 0.616. The summed E-state index contributed by atoms with van der Waals surface area (Å²) >= 11 is 5.87. The first-order chi connectivity index (χ1) is 14.9. The summed E-state index contributed by atoms with van der Waals surface area (Å²) in [5.74, 6) is 0.155. The first kappa shape index (κ1) is 21.2. The van der Waals surface area contributed by atoms with Crippen molar-refractivity contribution in [3.8, 4) is 22.8 Å². The van der Waals surface area contributed by atoms with Gasteiger partial charge in [0.2, 0.25) is 0 Å². The van der Waals surface area contributed by atoms with E-state index in [0.29, 0.717) is 41.2 Å². The molecule has 8 nitrogen and oxygen atoms in total. The Hall–Kier alpha value is -3.04. The SMILES string of the molecule is O=C(CCS(=O)(=O)c1ccc2c(c1)OCCO2)OCc1cc(-c2ccc(Cl)cc2)no1. The molecule has 0 saturated heterocycles. The van der Waals surface area contributed by atoms with Gasteiger partial charge in [0.15, 0.2) is 33.7 Å². The zero-order chi connectivity index (χ0) is 21.8. The molecule has 0 bridgehead atoms. The second kappa shape index (κ2) is 8.99. The van der Waals surface area contributed by atoms with Crippen molar-refractivity contribution in [2.24, 2.45) is 0 Å². The van der Waals surface area contributed by atoms with Gasteiger partial charge in [0.25, 0.3) is 0 Å². The summed E-state index contributed by atoms with van der Waals surface area (Å²) in [6.07, 6.45) is -0.297. The summed E-state index contributed by atoms with van der Waals surface area (Å²) in [7, 11) is -3.69. The largest absolute Gasteiger partial charge is 0.486 e. The number of aromatic nitrogens is 1. The molecule has 0 N–H and O–H groups in total. The van der Waals surface area contributed by atoms with Crippen LogP contribution in [0.2, 0.25) is 5.02 Å². The van der Waals surface area contributed by atoms with E-state index in [1.54, 1.807) is 36.4 Å². The van der Waals surface area contributed by atoms with Gasteiger partial charge in [0.1, 0.15) is 18.9 Å². The Kier molecular flexibility index (Phi) is 6.15. The summed E-state index contributed by atoms with van der Waals surface area (Å²) in [4.78, 5) is 12.1. The van der Waals surface area contributed by atoms with E-state index in [2.05, 4.69) is 5.16 Å². The van der Waals surface area contributed by atoms with Crippen molar-refractivity contribution in [3.63, 3.8) is 0 Å². The zero-order valence-electron chi connectivity index (χ0n) is 16.2. The van der Waals surface area contributed by atoms with Crippen LogP contribution < -0.4 is 9.47 Å². The molecular weight excluding hydrogens is 446 g/mol. The molecule has 4 rings (SSSR count). The summed E-state index contributed by atoms with van der Waals surface area (Å²) in [5.41, 5.74) is 1.38. The predicted octanol–water partition coefficient (Wildman–Crippen LogP) is 3.67. The molecule has 31 heavy (non-hydrogen) atoms. The molecule has 0 atom stereocenters. The Morgan fingerprint density at radius 1 is 1.03 bits per heavy atom. The topological polar surface area (TPSA) is 105 Å². The fourth-order valence-corrected chi connectivity index (χ4v) is 4.27. The molecule has 2 aromatic carbocycles. The highest BCUT2D eigenvalue weighted by molar-refractivity contribution is 7.91. The average molecular weight is 464 g/mol. The second-order valence-electron chi connectivity index (χ2n) is 6.72. The molecule has 0 aliphatic carbocycles. The van der Waals surface area contributed by atoms with Crippen molar-refractivity contribution < 1.29 is 31.9 Å². The molecule has 1 aliphatic heterocycles. The third-order valence-electron chi connectivity index (χ3n) is 4.52. The highest BCUT2D eigenvalue weighted by Crippen LogP contribution is 2.32. The second-order valence-corrected chi connectivity index (χ2v) is 9.27. The summed E-state index contributed by atoms with van der Waals surface area (Å²) in [5, 5.41) is 4.53. The quantitative estimate of drug-likeness (QED) is 0.489. The van der Waals surface area contributed by atoms with Crippen LogP contribution in [0.15, 0.2) is 57.9 Å². The number of rotatable bonds is 7. The lowest BCUT2D eigenvalue weighted by atomic mass is 10.1. The number of ether oxygens (including phenoxy) is 3. The number of carbonyl (C=O) groups excluding carboxylic acids is 1. The van der Waals surface area contributed by atoms with Crippen LogP contribution in [0.4, 0.5) is 0 Å². The third-order valence-corrected chi connectivity index (χ3v) is 6.49. The highest BCUT2D eigenvalue weighted by Gasteiger charge is 2.21. The first-order valence-electron chi connectivity index (χ1n) is 9.40. The predicted molar refractivity (Wildman–Crippen MR) is 111 cm³/mol. The van der Waals surface area contributed by atoms with Crippen molar-refractivity contribution in [2.45, 2.75) is 17.9 Å². The van der Waals surface area contributed by atoms with E-state index in [1.165, 1.54) is 12.1 Å². The standard InChI is InChI=1S/C21H18ClNO7S/c22-15-3-1-14(2-4-15)18-11-16(30-23-18)13-29-21(24)7-10-31(25,26)17-5-6-19-20(12-17)28-9-8-27-19/h1-6,11-12H,7-10,13H2. The fourth-order valence-electron chi connectivity index (χ4n) is 2.91. The van der Waals surface area contributed by atoms with Crippen molar-refractivity contribution in [1.29, 1.82) is 0 Å². The fraction of sp³-hybridized carbons (Fsp3) is 0.238. The Balaban J connectivity index is 1.31. The molecule has 0 amide bonds. The molecule has 10 heteroatoms. The Morgan fingerprint density at radius 2 is 1.77 bits per heavy atom. The molecule has 2 heterocycles. The van der Waals surface area contributed by atoms with Crippen LogP contribution in [0.1, 0.15) is 12.2 Å². The molecule has 0 radical (unpaired) electrons. The maximum atomic E-state index is 12.5. The Morgan fingerprint density at radius 3 is 2.55 bits per heavy atom. The molecule has 1 aliphatic rings. The van der Waals surface area contributed by atoms with Gasteiger partial charge in [-0.3, -0.25) is 4.79 Å². The minimum atomic E-state index is -3.69. The van der Waals surface area contributed by atoms with Gasteiger partial charge in [-0.1, -0.05) is 28.9 Å². The summed E-state index contributed by atoms with van der Waals surface area (Å²) < 4.78 is 46.1. The van der Waals surface area contributed by atoms with E-state index < -0.39 is 21.6 Å². The van der Waals surface area contributed by atoms with Crippen LogP contribution in [0.25, 0.3) is 11.3 Å². The molecule has 0 unspecified atom stereocenters. The van der Waals surface area contributed by atoms with Gasteiger partial charge in [-0.15, -0.1) is 0 Å². The maximum Gasteiger partial charge on any atom is 0.307 e. The maximum absolute atomic E-state index is 12.5. The van der Waals surface area contributed by atoms with Crippen LogP contribution in [0, 0.1) is 0 Å². The van der Waals surface area contributed by atoms with Gasteiger partial charge in [0.05, 0.1) is 17.1 Å². The number of fused-ring (bicyclic) bond motifs is 1. The number of hydrogen-bond acceptors (Lipinski definition) is 8. The van der Waals surface area contributed by atoms with E-state index in [1.807, 2.05) is 0 Å². The van der Waals surface area contributed by atoms with Gasteiger partial charge < -0.3 is 18.7 Å². The van der Waals surface area contributed by atoms with E-state index in [4.69, 9.17) is 30.3 Å². The molecule has 3 aromatic rings. The number of hydrogen-bond donors (Lipinski definition) is 0. The lowest BCUT2D eigenvalue weighted by molar-refractivity contribution is -0.145. The smallest absolute Gasteiger partial charge is 0.307 e. The summed E-state index contributed by atoms with van der Waals surface area (Å²) in [6, 6.07) is 13.1. The third kappa shape index (κ3) is 5.18. The van der Waals surface area contributed by atoms with E-state index in [9.17, 15) is 13.2 Å². The number of benzene rings is 2. The first-order valence-corrected chi connectivity index (χ1v) is 11.4. The average Bonchev–Trinajstić information content (AvgIpc) is 3.25. The lowest BCUT2D eigenvalue weighted by Crippen LogP contribution is -2.17. The van der Waals surface area contributed by atoms with E-state index in [0.717, 1.165) is 5.56 Å². The zero-order valence-corrected chi connectivity index (χ0v) is 17.8. The molecule has 0 saturated carbocycles. The lowest BCUT2D eigenvalue weighted by Gasteiger charge is -2.18. The minimum absolute atomic E-state index is 0.0624. The van der Waals surface area contributed by atoms with Crippen molar-refractivity contribution in [3.05, 3.63) is 59.3 Å². The van der Waals surface area contributed by atoms with Gasteiger partial charge >= 0.3 is 5.97 Å². The number of halogens is 1. The number of esters is 1. The number of sulfone groups is 1. The van der Waals surface area contributed by atoms with Crippen molar-refractivity contribution in [2.75, 3.05) is 19.0 Å². The van der Waals surface area contributed by atoms with Gasteiger partial charge in [0, 0.05) is 22.7 Å². The van der Waals surface area contributed by atoms with Gasteiger partial charge in [-0.25, -0.2) is 8.42 Å². The molecule has 0 fully saturated rings. The van der Waals surface area contributed by atoms with Crippen LogP contribution in [-0.2, 0) is 26.0 Å². The molecule has 162 valence electrons. The van der Waals surface area contributed by atoms with Gasteiger partial charge in [-0.2, -0.15) is 0 Å². The van der Waals surface area contributed by atoms with E-state index in [-0.39, 0.29) is 17.9 Å².